The summed E-state index contributed by atoms with van der Waals surface area (Å²) < 4.78 is 9.96. The molecule has 0 aromatic heterocycles. The van der Waals surface area contributed by atoms with Gasteiger partial charge in [-0.3, -0.25) is 4.79 Å². The smallest absolute Gasteiger partial charge is 0.327 e. The Morgan fingerprint density at radius 1 is 1.50 bits per heavy atom. The minimum Gasteiger partial charge on any atom is -0.504 e. The molecule has 0 aliphatic carbocycles. The van der Waals surface area contributed by atoms with Crippen LogP contribution in [0, 0.1) is 0 Å². The number of methoxy groups -OCH3 is 2. The fraction of sp³-hybridized carbons (Fsp3) is 0.300. The van der Waals surface area contributed by atoms with E-state index in [1.807, 2.05) is 0 Å². The summed E-state index contributed by atoms with van der Waals surface area (Å²) in [5.41, 5.74) is 5.90. The van der Waals surface area contributed by atoms with Crippen LogP contribution in [0.15, 0.2) is 16.6 Å². The monoisotopic (exact) mass is 289 g/mol. The largest absolute Gasteiger partial charge is 0.504 e. The molecule has 0 saturated heterocycles. The van der Waals surface area contributed by atoms with E-state index in [-0.39, 0.29) is 17.1 Å². The van der Waals surface area contributed by atoms with Gasteiger partial charge in [-0.2, -0.15) is 0 Å². The van der Waals surface area contributed by atoms with Crippen LogP contribution in [0.2, 0.25) is 0 Å². The van der Waals surface area contributed by atoms with Crippen LogP contribution in [0.3, 0.4) is 0 Å². The van der Waals surface area contributed by atoms with Crippen molar-refractivity contribution >= 4 is 21.9 Å². The number of rotatable bonds is 3. The van der Waals surface area contributed by atoms with Crippen molar-refractivity contribution in [3.63, 3.8) is 0 Å². The fourth-order valence-corrected chi connectivity index (χ4v) is 1.84. The summed E-state index contributed by atoms with van der Waals surface area (Å²) in [6.07, 6.45) is 0. The SMILES string of the molecule is COC(=O)[C@@H](N)c1c(Br)ccc(OC)c1O. The zero-order valence-electron chi connectivity index (χ0n) is 8.86. The van der Waals surface area contributed by atoms with Gasteiger partial charge < -0.3 is 20.3 Å². The Labute approximate surface area is 101 Å². The number of carbonyl (C=O) groups excluding carboxylic acids is 1. The highest BCUT2D eigenvalue weighted by molar-refractivity contribution is 9.10. The number of nitrogens with two attached hydrogens (primary N) is 1. The Morgan fingerprint density at radius 2 is 2.12 bits per heavy atom. The maximum atomic E-state index is 11.3. The van der Waals surface area contributed by atoms with Crippen LogP contribution in [0.25, 0.3) is 0 Å². The Bertz CT molecular complexity index is 408. The first-order chi connectivity index (χ1) is 7.52. The number of phenolic OH excluding ortho intramolecular Hbond substituents is 1. The quantitative estimate of drug-likeness (QED) is 0.821. The summed E-state index contributed by atoms with van der Waals surface area (Å²) in [7, 11) is 2.64. The number of hydrogen-bond donors (Lipinski definition) is 2. The number of ether oxygens (including phenoxy) is 2. The lowest BCUT2D eigenvalue weighted by molar-refractivity contribution is -0.142. The number of halogens is 1. The average Bonchev–Trinajstić information content (AvgIpc) is 2.28. The lowest BCUT2D eigenvalue weighted by atomic mass is 10.1. The number of carbonyl (C=O) groups is 1. The standard InChI is InChI=1S/C10H12BrNO4/c1-15-6-4-3-5(11)7(9(6)13)8(12)10(14)16-2/h3-4,8,13H,12H2,1-2H3/t8-/m0/s1. The lowest BCUT2D eigenvalue weighted by Gasteiger charge is -2.15. The third-order valence-electron chi connectivity index (χ3n) is 2.11. The van der Waals surface area contributed by atoms with Crippen LogP contribution in [0.4, 0.5) is 0 Å². The van der Waals surface area contributed by atoms with Crippen molar-refractivity contribution in [2.24, 2.45) is 5.73 Å². The van der Waals surface area contributed by atoms with Crippen LogP contribution < -0.4 is 10.5 Å². The van der Waals surface area contributed by atoms with Gasteiger partial charge in [0.25, 0.3) is 0 Å². The molecule has 1 rings (SSSR count). The molecule has 0 saturated carbocycles. The first-order valence-corrected chi connectivity index (χ1v) is 5.21. The molecular weight excluding hydrogens is 278 g/mol. The van der Waals surface area contributed by atoms with E-state index in [1.165, 1.54) is 14.2 Å². The van der Waals surface area contributed by atoms with Gasteiger partial charge in [0.2, 0.25) is 0 Å². The summed E-state index contributed by atoms with van der Waals surface area (Å²) in [5.74, 6) is -0.559. The number of benzene rings is 1. The molecule has 1 aromatic carbocycles. The van der Waals surface area contributed by atoms with Gasteiger partial charge in [-0.25, -0.2) is 0 Å². The first kappa shape index (κ1) is 12.8. The molecule has 0 radical (unpaired) electrons. The van der Waals surface area contributed by atoms with Gasteiger partial charge in [-0.05, 0) is 12.1 Å². The zero-order valence-corrected chi connectivity index (χ0v) is 10.4. The third-order valence-corrected chi connectivity index (χ3v) is 2.80. The van der Waals surface area contributed by atoms with E-state index in [0.717, 1.165) is 0 Å². The van der Waals surface area contributed by atoms with Crippen molar-refractivity contribution in [1.29, 1.82) is 0 Å². The highest BCUT2D eigenvalue weighted by atomic mass is 79.9. The number of phenols is 1. The Kier molecular flexibility index (Phi) is 4.14. The molecule has 3 N–H and O–H groups in total. The fourth-order valence-electron chi connectivity index (χ4n) is 1.27. The van der Waals surface area contributed by atoms with E-state index in [1.54, 1.807) is 12.1 Å². The maximum absolute atomic E-state index is 11.3. The second kappa shape index (κ2) is 5.18. The van der Waals surface area contributed by atoms with E-state index in [0.29, 0.717) is 4.47 Å². The number of aromatic hydroxyl groups is 1. The molecule has 0 bridgehead atoms. The molecule has 0 spiro atoms. The van der Waals surface area contributed by atoms with E-state index < -0.39 is 12.0 Å². The Balaban J connectivity index is 3.26. The van der Waals surface area contributed by atoms with Gasteiger partial charge in [-0.15, -0.1) is 0 Å². The highest BCUT2D eigenvalue weighted by Gasteiger charge is 2.24. The molecule has 0 unspecified atom stereocenters. The van der Waals surface area contributed by atoms with E-state index >= 15 is 0 Å². The highest BCUT2D eigenvalue weighted by Crippen LogP contribution is 2.38. The second-order valence-corrected chi connectivity index (χ2v) is 3.87. The van der Waals surface area contributed by atoms with E-state index in [9.17, 15) is 9.90 Å². The van der Waals surface area contributed by atoms with Crippen molar-refractivity contribution in [2.75, 3.05) is 14.2 Å². The Hall–Kier alpha value is -1.27. The Morgan fingerprint density at radius 3 is 2.62 bits per heavy atom. The summed E-state index contributed by atoms with van der Waals surface area (Å²) in [4.78, 5) is 11.3. The zero-order chi connectivity index (χ0) is 12.3. The van der Waals surface area contributed by atoms with Crippen LogP contribution >= 0.6 is 15.9 Å². The van der Waals surface area contributed by atoms with Gasteiger partial charge in [0, 0.05) is 10.0 Å². The van der Waals surface area contributed by atoms with Crippen LogP contribution in [0.5, 0.6) is 11.5 Å². The van der Waals surface area contributed by atoms with Crippen LogP contribution in [-0.2, 0) is 9.53 Å². The molecule has 0 aliphatic rings. The number of esters is 1. The van der Waals surface area contributed by atoms with Crippen molar-refractivity contribution in [1.82, 2.24) is 0 Å². The summed E-state index contributed by atoms with van der Waals surface area (Å²) in [6.45, 7) is 0. The second-order valence-electron chi connectivity index (χ2n) is 3.01. The maximum Gasteiger partial charge on any atom is 0.327 e. The predicted octanol–water partition coefficient (Wildman–Crippen LogP) is 1.34. The molecule has 88 valence electrons. The summed E-state index contributed by atoms with van der Waals surface area (Å²) in [5, 5.41) is 9.84. The van der Waals surface area contributed by atoms with Gasteiger partial charge >= 0.3 is 5.97 Å². The molecule has 5 nitrogen and oxygen atoms in total. The molecule has 0 fully saturated rings. The van der Waals surface area contributed by atoms with Crippen molar-refractivity contribution in [2.45, 2.75) is 6.04 Å². The molecule has 16 heavy (non-hydrogen) atoms. The average molecular weight is 290 g/mol. The van der Waals surface area contributed by atoms with Gasteiger partial charge in [0.1, 0.15) is 6.04 Å². The van der Waals surface area contributed by atoms with Crippen molar-refractivity contribution in [3.8, 4) is 11.5 Å². The van der Waals surface area contributed by atoms with Gasteiger partial charge in [0.15, 0.2) is 11.5 Å². The molecular formula is C10H12BrNO4. The molecule has 0 amide bonds. The topological polar surface area (TPSA) is 81.8 Å². The van der Waals surface area contributed by atoms with Crippen molar-refractivity contribution in [3.05, 3.63) is 22.2 Å². The predicted molar refractivity (Wildman–Crippen MR) is 61.3 cm³/mol. The van der Waals surface area contributed by atoms with E-state index in [2.05, 4.69) is 20.7 Å². The minimum absolute atomic E-state index is 0.172. The summed E-state index contributed by atoms with van der Waals surface area (Å²) in [6, 6.07) is 2.14. The lowest BCUT2D eigenvalue weighted by Crippen LogP contribution is -2.23. The minimum atomic E-state index is -1.06. The van der Waals surface area contributed by atoms with Gasteiger partial charge in [-0.1, -0.05) is 15.9 Å². The molecule has 0 heterocycles. The van der Waals surface area contributed by atoms with Gasteiger partial charge in [0.05, 0.1) is 14.2 Å². The molecule has 6 heteroatoms. The van der Waals surface area contributed by atoms with Crippen LogP contribution in [0.1, 0.15) is 11.6 Å². The molecule has 1 aromatic rings. The molecule has 0 aliphatic heterocycles. The van der Waals surface area contributed by atoms with E-state index in [4.69, 9.17) is 10.5 Å². The first-order valence-electron chi connectivity index (χ1n) is 4.41. The third kappa shape index (κ3) is 2.28. The van der Waals surface area contributed by atoms with Crippen LogP contribution in [-0.4, -0.2) is 25.3 Å². The molecule has 1 atom stereocenters. The normalized spacial score (nSPS) is 12.0. The van der Waals surface area contributed by atoms with Crippen molar-refractivity contribution < 1.29 is 19.4 Å². The number of hydrogen-bond acceptors (Lipinski definition) is 5. The summed E-state index contributed by atoms with van der Waals surface area (Å²) >= 11 is 3.21.